The highest BCUT2D eigenvalue weighted by molar-refractivity contribution is 5.89. The summed E-state index contributed by atoms with van der Waals surface area (Å²) in [6.45, 7) is 0. The first-order valence-electron chi connectivity index (χ1n) is 5.66. The van der Waals surface area contributed by atoms with Crippen LogP contribution in [0, 0.1) is 12.3 Å². The van der Waals surface area contributed by atoms with Crippen molar-refractivity contribution in [2.45, 2.75) is 6.10 Å². The fraction of sp³-hybridized carbons (Fsp3) is 0.0625. The van der Waals surface area contributed by atoms with E-state index in [-0.39, 0.29) is 6.10 Å². The SMILES string of the molecule is C#CC(=O)OC1c2ccccc2-c2ccccc21. The lowest BCUT2D eigenvalue weighted by molar-refractivity contribution is -0.140. The minimum atomic E-state index is -0.633. The van der Waals surface area contributed by atoms with Gasteiger partial charge in [0.15, 0.2) is 6.10 Å². The lowest BCUT2D eigenvalue weighted by Gasteiger charge is -2.12. The van der Waals surface area contributed by atoms with Crippen LogP contribution in [0.25, 0.3) is 11.1 Å². The molecule has 0 bridgehead atoms. The molecule has 0 saturated carbocycles. The summed E-state index contributed by atoms with van der Waals surface area (Å²) in [5, 5.41) is 0. The molecular formula is C16H10O2. The van der Waals surface area contributed by atoms with Crippen molar-refractivity contribution in [1.29, 1.82) is 0 Å². The van der Waals surface area contributed by atoms with Crippen molar-refractivity contribution in [1.82, 2.24) is 0 Å². The quantitative estimate of drug-likeness (QED) is 0.431. The maximum absolute atomic E-state index is 11.3. The fourth-order valence-corrected chi connectivity index (χ4v) is 2.38. The molecule has 86 valence electrons. The number of ether oxygens (including phenoxy) is 1. The molecule has 3 rings (SSSR count). The first-order valence-corrected chi connectivity index (χ1v) is 5.66. The van der Waals surface area contributed by atoms with Crippen molar-refractivity contribution in [3.8, 4) is 23.5 Å². The number of fused-ring (bicyclic) bond motifs is 3. The molecule has 1 aliphatic carbocycles. The standard InChI is InChI=1S/C16H10O2/c1-2-15(17)18-16-13-9-5-3-7-11(13)12-8-4-6-10-14(12)16/h1,3-10,16H. The van der Waals surface area contributed by atoms with Crippen LogP contribution in [-0.4, -0.2) is 5.97 Å². The van der Waals surface area contributed by atoms with E-state index in [1.165, 1.54) is 0 Å². The summed E-state index contributed by atoms with van der Waals surface area (Å²) in [5.41, 5.74) is 4.18. The summed E-state index contributed by atoms with van der Waals surface area (Å²) in [4.78, 5) is 11.3. The van der Waals surface area contributed by atoms with Gasteiger partial charge < -0.3 is 4.74 Å². The predicted molar refractivity (Wildman–Crippen MR) is 68.6 cm³/mol. The molecule has 1 aliphatic rings. The van der Waals surface area contributed by atoms with Crippen molar-refractivity contribution in [2.75, 3.05) is 0 Å². The molecule has 0 spiro atoms. The topological polar surface area (TPSA) is 26.3 Å². The number of hydrogen-bond donors (Lipinski definition) is 0. The molecule has 0 fully saturated rings. The van der Waals surface area contributed by atoms with Gasteiger partial charge in [0.1, 0.15) is 0 Å². The number of carbonyl (C=O) groups excluding carboxylic acids is 1. The van der Waals surface area contributed by atoms with Crippen LogP contribution in [0.1, 0.15) is 17.2 Å². The van der Waals surface area contributed by atoms with E-state index in [9.17, 15) is 4.79 Å². The molecule has 2 aromatic rings. The predicted octanol–water partition coefficient (Wildman–Crippen LogP) is 2.93. The van der Waals surface area contributed by atoms with Gasteiger partial charge in [0, 0.05) is 17.0 Å². The Hall–Kier alpha value is -2.53. The van der Waals surface area contributed by atoms with Crippen molar-refractivity contribution in [2.24, 2.45) is 0 Å². The first-order chi connectivity index (χ1) is 8.81. The number of rotatable bonds is 1. The molecule has 2 aromatic carbocycles. The summed E-state index contributed by atoms with van der Waals surface area (Å²) < 4.78 is 5.34. The van der Waals surface area contributed by atoms with Crippen LogP contribution in [0.4, 0.5) is 0 Å². The van der Waals surface area contributed by atoms with Crippen LogP contribution < -0.4 is 0 Å². The Kier molecular flexibility index (Phi) is 2.39. The Morgan fingerprint density at radius 2 is 1.50 bits per heavy atom. The van der Waals surface area contributed by atoms with Gasteiger partial charge in [0.2, 0.25) is 0 Å². The van der Waals surface area contributed by atoms with Crippen LogP contribution in [-0.2, 0) is 9.53 Å². The Morgan fingerprint density at radius 3 is 2.00 bits per heavy atom. The largest absolute Gasteiger partial charge is 0.443 e. The number of benzene rings is 2. The van der Waals surface area contributed by atoms with Gasteiger partial charge in [0.05, 0.1) is 0 Å². The highest BCUT2D eigenvalue weighted by Crippen LogP contribution is 2.44. The van der Waals surface area contributed by atoms with Crippen LogP contribution >= 0.6 is 0 Å². The zero-order valence-corrected chi connectivity index (χ0v) is 9.59. The van der Waals surface area contributed by atoms with E-state index in [1.807, 2.05) is 54.5 Å². The molecule has 0 radical (unpaired) electrons. The van der Waals surface area contributed by atoms with E-state index in [0.29, 0.717) is 0 Å². The summed E-state index contributed by atoms with van der Waals surface area (Å²) in [5.74, 6) is 1.36. The third-order valence-electron chi connectivity index (χ3n) is 3.12. The maximum Gasteiger partial charge on any atom is 0.385 e. The molecule has 2 nitrogen and oxygen atoms in total. The van der Waals surface area contributed by atoms with Gasteiger partial charge >= 0.3 is 5.97 Å². The Labute approximate surface area is 105 Å². The van der Waals surface area contributed by atoms with Crippen LogP contribution in [0.3, 0.4) is 0 Å². The van der Waals surface area contributed by atoms with E-state index in [1.54, 1.807) is 0 Å². The van der Waals surface area contributed by atoms with Gasteiger partial charge in [-0.25, -0.2) is 4.79 Å². The molecule has 0 heterocycles. The van der Waals surface area contributed by atoms with Gasteiger partial charge in [-0.15, -0.1) is 6.42 Å². The number of carbonyl (C=O) groups is 1. The van der Waals surface area contributed by atoms with E-state index in [2.05, 4.69) is 0 Å². The second-order valence-electron chi connectivity index (χ2n) is 4.10. The number of esters is 1. The van der Waals surface area contributed by atoms with Crippen LogP contribution in [0.2, 0.25) is 0 Å². The third kappa shape index (κ3) is 1.49. The van der Waals surface area contributed by atoms with Crippen molar-refractivity contribution in [3.63, 3.8) is 0 Å². The minimum absolute atomic E-state index is 0.388. The molecule has 0 aliphatic heterocycles. The average Bonchev–Trinajstić information content (AvgIpc) is 2.74. The Balaban J connectivity index is 2.15. The zero-order valence-electron chi connectivity index (χ0n) is 9.59. The summed E-state index contributed by atoms with van der Waals surface area (Å²) >= 11 is 0. The molecule has 0 amide bonds. The van der Waals surface area contributed by atoms with Crippen molar-refractivity contribution >= 4 is 5.97 Å². The van der Waals surface area contributed by atoms with Gasteiger partial charge in [-0.3, -0.25) is 0 Å². The second kappa shape index (κ2) is 4.05. The van der Waals surface area contributed by atoms with Gasteiger partial charge in [-0.1, -0.05) is 48.5 Å². The lowest BCUT2D eigenvalue weighted by Crippen LogP contribution is -2.08. The Bertz CT molecular complexity index is 619. The van der Waals surface area contributed by atoms with Gasteiger partial charge in [0.25, 0.3) is 0 Å². The Morgan fingerprint density at radius 1 is 1.00 bits per heavy atom. The summed E-state index contributed by atoms with van der Waals surface area (Å²) in [6, 6.07) is 15.8. The molecule has 0 aromatic heterocycles. The smallest absolute Gasteiger partial charge is 0.385 e. The highest BCUT2D eigenvalue weighted by atomic mass is 16.5. The van der Waals surface area contributed by atoms with Gasteiger partial charge in [-0.2, -0.15) is 0 Å². The molecule has 0 N–H and O–H groups in total. The normalized spacial score (nSPS) is 12.4. The van der Waals surface area contributed by atoms with Crippen LogP contribution in [0.5, 0.6) is 0 Å². The molecule has 18 heavy (non-hydrogen) atoms. The molecule has 0 unspecified atom stereocenters. The third-order valence-corrected chi connectivity index (χ3v) is 3.12. The average molecular weight is 234 g/mol. The summed E-state index contributed by atoms with van der Waals surface area (Å²) in [7, 11) is 0. The van der Waals surface area contributed by atoms with Crippen molar-refractivity contribution in [3.05, 3.63) is 59.7 Å². The fourth-order valence-electron chi connectivity index (χ4n) is 2.38. The lowest BCUT2D eigenvalue weighted by atomic mass is 10.1. The molecular weight excluding hydrogens is 224 g/mol. The molecule has 0 atom stereocenters. The number of terminal acetylenes is 1. The maximum atomic E-state index is 11.3. The van der Waals surface area contributed by atoms with E-state index in [0.717, 1.165) is 22.3 Å². The van der Waals surface area contributed by atoms with E-state index < -0.39 is 5.97 Å². The molecule has 2 heteroatoms. The van der Waals surface area contributed by atoms with E-state index in [4.69, 9.17) is 11.2 Å². The zero-order chi connectivity index (χ0) is 12.5. The van der Waals surface area contributed by atoms with Crippen LogP contribution in [0.15, 0.2) is 48.5 Å². The van der Waals surface area contributed by atoms with Crippen molar-refractivity contribution < 1.29 is 9.53 Å². The minimum Gasteiger partial charge on any atom is -0.443 e. The highest BCUT2D eigenvalue weighted by Gasteiger charge is 2.30. The monoisotopic (exact) mass is 234 g/mol. The summed E-state index contributed by atoms with van der Waals surface area (Å²) in [6.07, 6.45) is 4.68. The van der Waals surface area contributed by atoms with Gasteiger partial charge in [-0.05, 0) is 11.1 Å². The molecule has 0 saturated heterocycles. The number of hydrogen-bond acceptors (Lipinski definition) is 2. The second-order valence-corrected chi connectivity index (χ2v) is 4.10. The van der Waals surface area contributed by atoms with E-state index >= 15 is 0 Å². The first kappa shape index (κ1) is 10.6.